The molecule has 12 heteroatoms. The van der Waals surface area contributed by atoms with Crippen molar-refractivity contribution in [2.45, 2.75) is 44.6 Å². The number of benzene rings is 1. The first-order valence-corrected chi connectivity index (χ1v) is 10.3. The molecular weight excluding hydrogens is 451 g/mol. The third-order valence-electron chi connectivity index (χ3n) is 5.49. The number of halogens is 5. The largest absolute Gasteiger partial charge is 0.490 e. The Morgan fingerprint density at radius 2 is 1.91 bits per heavy atom. The third-order valence-corrected chi connectivity index (χ3v) is 5.49. The Bertz CT molecular complexity index is 995. The molecule has 3 heterocycles. The van der Waals surface area contributed by atoms with Crippen molar-refractivity contribution in [2.24, 2.45) is 0 Å². The Morgan fingerprint density at radius 3 is 2.52 bits per heavy atom. The van der Waals surface area contributed by atoms with Gasteiger partial charge in [-0.15, -0.1) is 0 Å². The molecule has 1 saturated heterocycles. The maximum Gasteiger partial charge on any atom is 0.490 e. The lowest BCUT2D eigenvalue weighted by atomic mass is 10.1. The fourth-order valence-electron chi connectivity index (χ4n) is 3.94. The lowest BCUT2D eigenvalue weighted by molar-refractivity contribution is -0.192. The van der Waals surface area contributed by atoms with E-state index in [-0.39, 0.29) is 11.9 Å². The fourth-order valence-corrected chi connectivity index (χ4v) is 3.94. The van der Waals surface area contributed by atoms with E-state index in [1.807, 2.05) is 15.6 Å². The number of aliphatic carboxylic acids is 1. The number of nitrogens with zero attached hydrogens (tertiary/aromatic N) is 4. The second-order valence-corrected chi connectivity index (χ2v) is 7.91. The minimum atomic E-state index is -5.08. The molecule has 1 aromatic carbocycles. The first kappa shape index (κ1) is 24.6. The van der Waals surface area contributed by atoms with E-state index in [0.29, 0.717) is 13.0 Å². The second-order valence-electron chi connectivity index (χ2n) is 7.91. The van der Waals surface area contributed by atoms with Crippen LogP contribution in [-0.4, -0.2) is 62.4 Å². The van der Waals surface area contributed by atoms with Crippen molar-refractivity contribution < 1.29 is 36.6 Å². The van der Waals surface area contributed by atoms with Crippen LogP contribution in [0.4, 0.5) is 22.0 Å². The second kappa shape index (κ2) is 10.3. The van der Waals surface area contributed by atoms with Gasteiger partial charge in [0.25, 0.3) is 0 Å². The molecule has 0 bridgehead atoms. The van der Waals surface area contributed by atoms with Gasteiger partial charge in [0.2, 0.25) is 5.91 Å². The topological polar surface area (TPSA) is 78.7 Å². The highest BCUT2D eigenvalue weighted by Gasteiger charge is 2.38. The summed E-state index contributed by atoms with van der Waals surface area (Å²) in [4.78, 5) is 24.9. The van der Waals surface area contributed by atoms with Crippen molar-refractivity contribution in [2.75, 3.05) is 19.6 Å². The first-order chi connectivity index (χ1) is 15.5. The van der Waals surface area contributed by atoms with Gasteiger partial charge in [0, 0.05) is 45.3 Å². The van der Waals surface area contributed by atoms with Gasteiger partial charge in [-0.05, 0) is 36.6 Å². The van der Waals surface area contributed by atoms with Gasteiger partial charge in [0.05, 0.1) is 11.7 Å². The van der Waals surface area contributed by atoms with Gasteiger partial charge in [-0.25, -0.2) is 13.6 Å². The Balaban J connectivity index is 0.000000383. The SMILES string of the molecule is O=C(O)C(F)(F)F.O=C1CCCN1CCC1CN(Cc2ccc(F)c(F)c2)Cc2ccnn21. The number of rotatable bonds is 5. The van der Waals surface area contributed by atoms with Crippen LogP contribution in [0.15, 0.2) is 30.5 Å². The summed E-state index contributed by atoms with van der Waals surface area (Å²) < 4.78 is 60.4. The molecule has 2 aliphatic heterocycles. The van der Waals surface area contributed by atoms with Crippen molar-refractivity contribution >= 4 is 11.9 Å². The molecule has 1 fully saturated rings. The molecule has 1 N–H and O–H groups in total. The number of carboxylic acids is 1. The van der Waals surface area contributed by atoms with Crippen molar-refractivity contribution in [3.63, 3.8) is 0 Å². The summed E-state index contributed by atoms with van der Waals surface area (Å²) in [5.74, 6) is -4.15. The predicted octanol–water partition coefficient (Wildman–Crippen LogP) is 3.36. The Morgan fingerprint density at radius 1 is 1.18 bits per heavy atom. The predicted molar refractivity (Wildman–Crippen MR) is 106 cm³/mol. The van der Waals surface area contributed by atoms with E-state index in [4.69, 9.17) is 9.90 Å². The number of amides is 1. The molecule has 4 rings (SSSR count). The maximum atomic E-state index is 13.5. The van der Waals surface area contributed by atoms with Gasteiger partial charge >= 0.3 is 12.1 Å². The van der Waals surface area contributed by atoms with Crippen LogP contribution in [0.3, 0.4) is 0 Å². The zero-order valence-corrected chi connectivity index (χ0v) is 17.6. The summed E-state index contributed by atoms with van der Waals surface area (Å²) in [7, 11) is 0. The van der Waals surface area contributed by atoms with Crippen LogP contribution in [0, 0.1) is 11.6 Å². The van der Waals surface area contributed by atoms with Crippen LogP contribution in [0.1, 0.15) is 36.6 Å². The van der Waals surface area contributed by atoms with Crippen LogP contribution >= 0.6 is 0 Å². The summed E-state index contributed by atoms with van der Waals surface area (Å²) in [5, 5.41) is 11.6. The van der Waals surface area contributed by atoms with E-state index >= 15 is 0 Å². The molecule has 7 nitrogen and oxygen atoms in total. The zero-order valence-electron chi connectivity index (χ0n) is 17.6. The van der Waals surface area contributed by atoms with Crippen LogP contribution in [-0.2, 0) is 22.7 Å². The lowest BCUT2D eigenvalue weighted by Gasteiger charge is -2.34. The minimum Gasteiger partial charge on any atom is -0.475 e. The van der Waals surface area contributed by atoms with E-state index < -0.39 is 23.8 Å². The Hall–Kier alpha value is -3.02. The van der Waals surface area contributed by atoms with Gasteiger partial charge in [-0.2, -0.15) is 18.3 Å². The number of carboxylic acid groups (broad SMARTS) is 1. The zero-order chi connectivity index (χ0) is 24.2. The van der Waals surface area contributed by atoms with Crippen LogP contribution in [0.25, 0.3) is 0 Å². The number of carbonyl (C=O) groups is 2. The molecular formula is C21H23F5N4O3. The average molecular weight is 474 g/mol. The average Bonchev–Trinajstić information content (AvgIpc) is 3.37. The summed E-state index contributed by atoms with van der Waals surface area (Å²) in [6, 6.07) is 6.23. The molecule has 1 aromatic heterocycles. The quantitative estimate of drug-likeness (QED) is 0.673. The van der Waals surface area contributed by atoms with Crippen molar-refractivity contribution in [1.82, 2.24) is 19.6 Å². The lowest BCUT2D eigenvalue weighted by Crippen LogP contribution is -2.39. The molecule has 33 heavy (non-hydrogen) atoms. The molecule has 0 radical (unpaired) electrons. The van der Waals surface area contributed by atoms with Crippen molar-refractivity contribution in [3.05, 3.63) is 53.4 Å². The first-order valence-electron chi connectivity index (χ1n) is 10.3. The van der Waals surface area contributed by atoms with E-state index in [1.165, 1.54) is 12.1 Å². The fraction of sp³-hybridized carbons (Fsp3) is 0.476. The molecule has 2 aromatic rings. The van der Waals surface area contributed by atoms with Crippen LogP contribution in [0.2, 0.25) is 0 Å². The Kier molecular flexibility index (Phi) is 7.67. The third kappa shape index (κ3) is 6.50. The van der Waals surface area contributed by atoms with Gasteiger partial charge in [-0.1, -0.05) is 6.07 Å². The van der Waals surface area contributed by atoms with Gasteiger partial charge in [0.15, 0.2) is 11.6 Å². The standard InChI is InChI=1S/C19H22F2N4O.C2HF3O2/c20-17-4-3-14(10-18(17)21)11-23-12-15-5-7-22-25(15)16(13-23)6-9-24-8-1-2-19(24)26;3-2(4,5)1(6)7/h3-5,7,10,16H,1-2,6,8-9,11-13H2;(H,6,7). The maximum absolute atomic E-state index is 13.5. The van der Waals surface area contributed by atoms with Crippen LogP contribution in [0.5, 0.6) is 0 Å². The highest BCUT2D eigenvalue weighted by atomic mass is 19.4. The van der Waals surface area contributed by atoms with Crippen molar-refractivity contribution in [1.29, 1.82) is 0 Å². The van der Waals surface area contributed by atoms with E-state index in [0.717, 1.165) is 50.3 Å². The summed E-state index contributed by atoms with van der Waals surface area (Å²) in [6.45, 7) is 3.63. The number of fused-ring (bicyclic) bond motifs is 1. The number of carbonyl (C=O) groups excluding carboxylic acids is 1. The highest BCUT2D eigenvalue weighted by Crippen LogP contribution is 2.25. The molecule has 0 aliphatic carbocycles. The summed E-state index contributed by atoms with van der Waals surface area (Å²) >= 11 is 0. The van der Waals surface area contributed by atoms with Crippen molar-refractivity contribution in [3.8, 4) is 0 Å². The highest BCUT2D eigenvalue weighted by molar-refractivity contribution is 5.78. The number of alkyl halides is 3. The Labute approximate surface area is 186 Å². The number of likely N-dealkylation sites (tertiary alicyclic amines) is 1. The van der Waals surface area contributed by atoms with Gasteiger partial charge in [-0.3, -0.25) is 14.4 Å². The van der Waals surface area contributed by atoms with Crippen LogP contribution < -0.4 is 0 Å². The smallest absolute Gasteiger partial charge is 0.475 e. The molecule has 1 amide bonds. The number of aromatic nitrogens is 2. The van der Waals surface area contributed by atoms with Gasteiger partial charge in [0.1, 0.15) is 0 Å². The summed E-state index contributed by atoms with van der Waals surface area (Å²) in [6.07, 6.45) is -0.849. The molecule has 180 valence electrons. The molecule has 1 atom stereocenters. The van der Waals surface area contributed by atoms with Gasteiger partial charge < -0.3 is 10.0 Å². The summed E-state index contributed by atoms with van der Waals surface area (Å²) in [5.41, 5.74) is 1.86. The molecule has 2 aliphatic rings. The monoisotopic (exact) mass is 474 g/mol. The normalized spacial score (nSPS) is 18.6. The van der Waals surface area contributed by atoms with E-state index in [1.54, 1.807) is 12.3 Å². The molecule has 0 saturated carbocycles. The van der Waals surface area contributed by atoms with E-state index in [2.05, 4.69) is 10.00 Å². The number of hydrogen-bond acceptors (Lipinski definition) is 4. The van der Waals surface area contributed by atoms with E-state index in [9.17, 15) is 26.7 Å². The minimum absolute atomic E-state index is 0.174. The molecule has 1 unspecified atom stereocenters. The number of hydrogen-bond donors (Lipinski definition) is 1. The molecule has 0 spiro atoms.